The van der Waals surface area contributed by atoms with Crippen molar-refractivity contribution in [2.24, 2.45) is 0 Å². The summed E-state index contributed by atoms with van der Waals surface area (Å²) in [6.07, 6.45) is -3.30. The summed E-state index contributed by atoms with van der Waals surface area (Å²) in [6, 6.07) is 11.5. The molecule has 0 aliphatic heterocycles. The maximum atomic E-state index is 12.7. The van der Waals surface area contributed by atoms with Gasteiger partial charge in [0.1, 0.15) is 6.54 Å². The zero-order chi connectivity index (χ0) is 23.3. The number of alkyl halides is 3. The van der Waals surface area contributed by atoms with Crippen LogP contribution in [0.5, 0.6) is 0 Å². The lowest BCUT2D eigenvalue weighted by Crippen LogP contribution is -2.27. The third kappa shape index (κ3) is 5.60. The molecule has 166 valence electrons. The van der Waals surface area contributed by atoms with Gasteiger partial charge in [-0.25, -0.2) is 9.78 Å². The van der Waals surface area contributed by atoms with Gasteiger partial charge in [-0.2, -0.15) is 13.2 Å². The minimum absolute atomic E-state index is 0.190. The van der Waals surface area contributed by atoms with E-state index in [2.05, 4.69) is 10.3 Å². The van der Waals surface area contributed by atoms with Crippen molar-refractivity contribution in [1.29, 1.82) is 0 Å². The normalized spacial score (nSPS) is 11.1. The number of esters is 1. The molecule has 0 fully saturated rings. The third-order valence-corrected chi connectivity index (χ3v) is 4.38. The molecule has 7 nitrogen and oxygen atoms in total. The number of aromatic nitrogens is 2. The van der Waals surface area contributed by atoms with Crippen molar-refractivity contribution in [3.05, 3.63) is 82.4 Å². The second kappa shape index (κ2) is 9.46. The van der Waals surface area contributed by atoms with Gasteiger partial charge in [0.05, 0.1) is 29.8 Å². The fourth-order valence-corrected chi connectivity index (χ4v) is 2.79. The van der Waals surface area contributed by atoms with Crippen LogP contribution < -0.4 is 10.9 Å². The summed E-state index contributed by atoms with van der Waals surface area (Å²) in [5.74, 6) is -0.976. The summed E-state index contributed by atoms with van der Waals surface area (Å²) < 4.78 is 44.0. The molecular weight excluding hydrogens is 427 g/mol. The number of hydrogen-bond acceptors (Lipinski definition) is 5. The summed E-state index contributed by atoms with van der Waals surface area (Å²) in [4.78, 5) is 40.3. The molecule has 0 radical (unpaired) electrons. The maximum absolute atomic E-state index is 12.7. The number of nitrogens with zero attached hydrogens (tertiary/aromatic N) is 2. The first-order valence-electron chi connectivity index (χ1n) is 9.48. The standard InChI is InChI=1S/C22H18F3N3O4/c1-2-32-21(31)15-5-9-17(10-6-15)27-19(29)12-28-13-26-18(11-20(28)30)14-3-7-16(8-4-14)22(23,24)25/h3-11,13H,2,12H2,1H3,(H,27,29). The average Bonchev–Trinajstić information content (AvgIpc) is 2.75. The topological polar surface area (TPSA) is 90.3 Å². The van der Waals surface area contributed by atoms with Gasteiger partial charge in [0.15, 0.2) is 0 Å². The lowest BCUT2D eigenvalue weighted by atomic mass is 10.1. The lowest BCUT2D eigenvalue weighted by Gasteiger charge is -2.09. The van der Waals surface area contributed by atoms with Gasteiger partial charge in [-0.15, -0.1) is 0 Å². The van der Waals surface area contributed by atoms with Gasteiger partial charge in [-0.1, -0.05) is 12.1 Å². The Labute approximate surface area is 180 Å². The molecule has 0 unspecified atom stereocenters. The van der Waals surface area contributed by atoms with Gasteiger partial charge in [-0.05, 0) is 43.3 Å². The Hall–Kier alpha value is -3.95. The SMILES string of the molecule is CCOC(=O)c1ccc(NC(=O)Cn2cnc(-c3ccc(C(F)(F)F)cc3)cc2=O)cc1. The number of ether oxygens (including phenoxy) is 1. The Kier molecular flexibility index (Phi) is 6.72. The number of halogens is 3. The number of anilines is 1. The zero-order valence-electron chi connectivity index (χ0n) is 16.8. The first-order chi connectivity index (χ1) is 15.2. The van der Waals surface area contributed by atoms with Crippen molar-refractivity contribution >= 4 is 17.6 Å². The predicted molar refractivity (Wildman–Crippen MR) is 110 cm³/mol. The number of benzene rings is 2. The van der Waals surface area contributed by atoms with Crippen molar-refractivity contribution < 1.29 is 27.5 Å². The molecule has 0 saturated carbocycles. The molecule has 0 atom stereocenters. The van der Waals surface area contributed by atoms with Crippen LogP contribution in [-0.4, -0.2) is 28.0 Å². The average molecular weight is 445 g/mol. The fraction of sp³-hybridized carbons (Fsp3) is 0.182. The first kappa shape index (κ1) is 22.7. The molecule has 3 aromatic rings. The highest BCUT2D eigenvalue weighted by Crippen LogP contribution is 2.30. The minimum atomic E-state index is -4.46. The Bertz CT molecular complexity index is 1170. The van der Waals surface area contributed by atoms with E-state index in [1.54, 1.807) is 6.92 Å². The van der Waals surface area contributed by atoms with E-state index in [0.717, 1.165) is 29.1 Å². The lowest BCUT2D eigenvalue weighted by molar-refractivity contribution is -0.137. The number of rotatable bonds is 6. The number of amides is 1. The highest BCUT2D eigenvalue weighted by Gasteiger charge is 2.30. The molecule has 3 rings (SSSR count). The second-order valence-corrected chi connectivity index (χ2v) is 6.66. The van der Waals surface area contributed by atoms with E-state index >= 15 is 0 Å². The summed E-state index contributed by atoms with van der Waals surface area (Å²) >= 11 is 0. The monoisotopic (exact) mass is 445 g/mol. The highest BCUT2D eigenvalue weighted by molar-refractivity contribution is 5.93. The van der Waals surface area contributed by atoms with Crippen LogP contribution in [0.25, 0.3) is 11.3 Å². The van der Waals surface area contributed by atoms with E-state index in [1.165, 1.54) is 36.4 Å². The number of carbonyl (C=O) groups is 2. The van der Waals surface area contributed by atoms with Crippen LogP contribution in [0.4, 0.5) is 18.9 Å². The molecule has 1 amide bonds. The fourth-order valence-electron chi connectivity index (χ4n) is 2.79. The van der Waals surface area contributed by atoms with Crippen LogP contribution in [-0.2, 0) is 22.3 Å². The van der Waals surface area contributed by atoms with Crippen LogP contribution in [0.1, 0.15) is 22.8 Å². The Balaban J connectivity index is 1.66. The molecule has 0 bridgehead atoms. The Morgan fingerprint density at radius 2 is 1.72 bits per heavy atom. The molecule has 1 N–H and O–H groups in total. The van der Waals surface area contributed by atoms with Crippen LogP contribution >= 0.6 is 0 Å². The summed E-state index contributed by atoms with van der Waals surface area (Å²) in [6.45, 7) is 1.62. The van der Waals surface area contributed by atoms with Gasteiger partial charge in [0.25, 0.3) is 5.56 Å². The molecule has 10 heteroatoms. The van der Waals surface area contributed by atoms with Crippen LogP contribution in [0.15, 0.2) is 65.7 Å². The van der Waals surface area contributed by atoms with Gasteiger partial charge >= 0.3 is 12.1 Å². The smallest absolute Gasteiger partial charge is 0.416 e. The number of nitrogens with one attached hydrogen (secondary N) is 1. The largest absolute Gasteiger partial charge is 0.462 e. The van der Waals surface area contributed by atoms with Crippen LogP contribution in [0.2, 0.25) is 0 Å². The summed E-state index contributed by atoms with van der Waals surface area (Å²) in [7, 11) is 0. The van der Waals surface area contributed by atoms with Crippen LogP contribution in [0, 0.1) is 0 Å². The molecule has 0 saturated heterocycles. The molecule has 2 aromatic carbocycles. The van der Waals surface area contributed by atoms with Gasteiger partial charge < -0.3 is 10.1 Å². The van der Waals surface area contributed by atoms with Crippen LogP contribution in [0.3, 0.4) is 0 Å². The Morgan fingerprint density at radius 3 is 2.28 bits per heavy atom. The van der Waals surface area contributed by atoms with Crippen molar-refractivity contribution in [3.8, 4) is 11.3 Å². The molecule has 32 heavy (non-hydrogen) atoms. The van der Waals surface area contributed by atoms with E-state index in [9.17, 15) is 27.6 Å². The first-order valence-corrected chi connectivity index (χ1v) is 9.48. The second-order valence-electron chi connectivity index (χ2n) is 6.66. The summed E-state index contributed by atoms with van der Waals surface area (Å²) in [5.41, 5.74) is -0.0536. The van der Waals surface area contributed by atoms with E-state index in [0.29, 0.717) is 16.8 Å². The van der Waals surface area contributed by atoms with Gasteiger partial charge in [0, 0.05) is 17.3 Å². The van der Waals surface area contributed by atoms with E-state index < -0.39 is 29.2 Å². The molecule has 0 spiro atoms. The van der Waals surface area contributed by atoms with Gasteiger partial charge in [-0.3, -0.25) is 14.2 Å². The minimum Gasteiger partial charge on any atom is -0.462 e. The quantitative estimate of drug-likeness (QED) is 0.584. The predicted octanol–water partition coefficient (Wildman–Crippen LogP) is 3.74. The maximum Gasteiger partial charge on any atom is 0.416 e. The van der Waals surface area contributed by atoms with Crippen molar-refractivity contribution in [3.63, 3.8) is 0 Å². The highest BCUT2D eigenvalue weighted by atomic mass is 19.4. The van der Waals surface area contributed by atoms with Crippen molar-refractivity contribution in [1.82, 2.24) is 9.55 Å². The van der Waals surface area contributed by atoms with Gasteiger partial charge in [0.2, 0.25) is 5.91 Å². The van der Waals surface area contributed by atoms with E-state index in [-0.39, 0.29) is 18.8 Å². The van der Waals surface area contributed by atoms with E-state index in [4.69, 9.17) is 4.74 Å². The summed E-state index contributed by atoms with van der Waals surface area (Å²) in [5, 5.41) is 2.60. The molecular formula is C22H18F3N3O4. The zero-order valence-corrected chi connectivity index (χ0v) is 16.8. The van der Waals surface area contributed by atoms with Crippen molar-refractivity contribution in [2.75, 3.05) is 11.9 Å². The van der Waals surface area contributed by atoms with E-state index in [1.807, 2.05) is 0 Å². The third-order valence-electron chi connectivity index (χ3n) is 4.38. The number of hydrogen-bond donors (Lipinski definition) is 1. The molecule has 0 aliphatic rings. The molecule has 0 aliphatic carbocycles. The van der Waals surface area contributed by atoms with Crippen molar-refractivity contribution in [2.45, 2.75) is 19.6 Å². The molecule has 1 heterocycles. The number of carbonyl (C=O) groups excluding carboxylic acids is 2. The molecule has 1 aromatic heterocycles. The Morgan fingerprint density at radius 1 is 1.06 bits per heavy atom.